The predicted molar refractivity (Wildman–Crippen MR) is 276 cm³/mol. The van der Waals surface area contributed by atoms with E-state index in [-0.39, 0.29) is 40.6 Å². The summed E-state index contributed by atoms with van der Waals surface area (Å²) in [6, 6.07) is 16.8. The zero-order chi connectivity index (χ0) is 43.5. The van der Waals surface area contributed by atoms with Gasteiger partial charge in [-0.3, -0.25) is 0 Å². The molecule has 3 aromatic rings. The normalized spacial score (nSPS) is 15.6. The van der Waals surface area contributed by atoms with Crippen LogP contribution in [0, 0.1) is 20.8 Å². The minimum Gasteiger partial charge on any atom is -1.00 e. The Labute approximate surface area is 402 Å². The second kappa shape index (κ2) is 18.3. The molecule has 0 heterocycles. The van der Waals surface area contributed by atoms with Crippen LogP contribution in [0.2, 0.25) is 121 Å². The van der Waals surface area contributed by atoms with E-state index in [4.69, 9.17) is 0 Å². The number of allylic oxidation sites excluding steroid dienone is 4. The van der Waals surface area contributed by atoms with Gasteiger partial charge in [0.05, 0.1) is 0 Å². The number of hydrogen-bond acceptors (Lipinski definition) is 0. The molecule has 0 radical (unpaired) electrons. The number of aryl methyl sites for hydroxylation is 3. The Bertz CT molecular complexity index is 1920. The molecule has 0 N–H and O–H groups in total. The Balaban J connectivity index is 0.00000580. The van der Waals surface area contributed by atoms with Crippen LogP contribution in [0.4, 0.5) is 0 Å². The van der Waals surface area contributed by atoms with E-state index in [0.717, 1.165) is 0 Å². The van der Waals surface area contributed by atoms with Crippen molar-refractivity contribution in [1.29, 1.82) is 0 Å². The van der Waals surface area contributed by atoms with Crippen LogP contribution in [0.3, 0.4) is 0 Å². The third-order valence-electron chi connectivity index (χ3n) is 13.4. The first-order valence-electron chi connectivity index (χ1n) is 21.5. The molecule has 0 fully saturated rings. The maximum atomic E-state index is 2.92. The average molecular weight is 1010 g/mol. The first kappa shape index (κ1) is 57.3. The number of benzene rings is 3. The molecule has 0 bridgehead atoms. The van der Waals surface area contributed by atoms with E-state index in [2.05, 4.69) is 223 Å². The summed E-state index contributed by atoms with van der Waals surface area (Å²) in [6.45, 7) is 65.0. The number of hydrogen-bond donors (Lipinski definition) is 0. The van der Waals surface area contributed by atoms with E-state index in [1.54, 1.807) is 74.5 Å². The Morgan fingerprint density at radius 2 is 0.542 bits per heavy atom. The summed E-state index contributed by atoms with van der Waals surface area (Å²) in [5, 5.41) is 15.6. The topological polar surface area (TPSA) is 0 Å². The first-order valence-corrected chi connectivity index (χ1v) is 45.2. The molecule has 0 saturated heterocycles. The second-order valence-corrected chi connectivity index (χ2v) is 60.2. The van der Waals surface area contributed by atoms with Crippen LogP contribution >= 0.6 is 0 Å². The van der Waals surface area contributed by atoms with Gasteiger partial charge in [-0.2, -0.15) is 0 Å². The van der Waals surface area contributed by atoms with Crippen molar-refractivity contribution < 1.29 is 57.7 Å². The predicted octanol–water partition coefficient (Wildman–Crippen LogP) is 0.296. The molecule has 11 heteroatoms. The van der Waals surface area contributed by atoms with E-state index < -0.39 is 56.5 Å². The molecule has 0 unspecified atom stereocenters. The Kier molecular flexibility index (Phi) is 17.7. The van der Waals surface area contributed by atoms with Crippen LogP contribution in [0.25, 0.3) is 0 Å². The molecule has 0 aromatic heterocycles. The molecule has 0 spiro atoms. The van der Waals surface area contributed by atoms with Crippen molar-refractivity contribution >= 4 is 103 Å². The second-order valence-electron chi connectivity index (χ2n) is 24.1. The van der Waals surface area contributed by atoms with Gasteiger partial charge in [-0.25, -0.2) is 0 Å². The van der Waals surface area contributed by atoms with Gasteiger partial charge in [-0.15, -0.1) is 0 Å². The van der Waals surface area contributed by atoms with Crippen molar-refractivity contribution in [3.63, 3.8) is 0 Å². The Morgan fingerprint density at radius 3 is 0.712 bits per heavy atom. The Morgan fingerprint density at radius 1 is 0.339 bits per heavy atom. The maximum Gasteiger partial charge on any atom is -1.00 e. The fraction of sp³-hybridized carbons (Fsp3) is 0.542. The number of rotatable bonds is 10. The fourth-order valence-corrected chi connectivity index (χ4v) is 35.0. The molecule has 0 amide bonds. The van der Waals surface area contributed by atoms with Gasteiger partial charge in [-0.1, -0.05) is 0 Å². The zero-order valence-corrected chi connectivity index (χ0v) is 52.9. The molecular formula is C48H81Cl3Si7Ti. The van der Waals surface area contributed by atoms with Gasteiger partial charge in [0.25, 0.3) is 0 Å². The van der Waals surface area contributed by atoms with Gasteiger partial charge in [-0.05, 0) is 0 Å². The molecule has 4 rings (SSSR count). The van der Waals surface area contributed by atoms with Gasteiger partial charge in [0.15, 0.2) is 0 Å². The van der Waals surface area contributed by atoms with E-state index in [1.807, 2.05) is 0 Å². The molecule has 1 aliphatic carbocycles. The van der Waals surface area contributed by atoms with Crippen molar-refractivity contribution in [1.82, 2.24) is 0 Å². The van der Waals surface area contributed by atoms with Crippen molar-refractivity contribution in [2.24, 2.45) is 0 Å². The molecule has 0 nitrogen and oxygen atoms in total. The fourth-order valence-electron chi connectivity index (χ4n) is 10.5. The first-order chi connectivity index (χ1) is 24.9. The summed E-state index contributed by atoms with van der Waals surface area (Å²) in [6.07, 6.45) is 0. The van der Waals surface area contributed by atoms with Crippen LogP contribution in [-0.4, -0.2) is 56.5 Å². The zero-order valence-electron chi connectivity index (χ0n) is 42.1. The third kappa shape index (κ3) is 10.1. The molecule has 0 saturated carbocycles. The van der Waals surface area contributed by atoms with Gasteiger partial charge >= 0.3 is 369 Å². The monoisotopic (exact) mass is 1010 g/mol. The molecule has 0 atom stereocenters. The van der Waals surface area contributed by atoms with Gasteiger partial charge in [0, 0.05) is 0 Å². The number of halogens is 3. The summed E-state index contributed by atoms with van der Waals surface area (Å²) in [7, 11) is -14.2. The van der Waals surface area contributed by atoms with E-state index >= 15 is 0 Å². The average Bonchev–Trinajstić information content (AvgIpc) is 3.13. The van der Waals surface area contributed by atoms with E-state index in [1.165, 1.54) is 11.1 Å². The van der Waals surface area contributed by atoms with Crippen LogP contribution < -0.4 is 83.9 Å². The van der Waals surface area contributed by atoms with Gasteiger partial charge < -0.3 is 37.2 Å². The van der Waals surface area contributed by atoms with Crippen molar-refractivity contribution in [2.45, 2.75) is 170 Å². The smallest absolute Gasteiger partial charge is 1.00 e. The van der Waals surface area contributed by atoms with Crippen LogP contribution in [0.5, 0.6) is 0 Å². The third-order valence-corrected chi connectivity index (χ3v) is 35.2. The van der Waals surface area contributed by atoms with Crippen LogP contribution in [0.15, 0.2) is 58.7 Å². The molecular weight excluding hydrogens is 927 g/mol. The minimum atomic E-state index is -3.16. The van der Waals surface area contributed by atoms with E-state index in [0.29, 0.717) is 0 Å². The summed E-state index contributed by atoms with van der Waals surface area (Å²) < 4.78 is -0.155. The van der Waals surface area contributed by atoms with Crippen molar-refractivity contribution in [2.75, 3.05) is 0 Å². The summed E-state index contributed by atoms with van der Waals surface area (Å²) in [5.74, 6) is 0. The van der Waals surface area contributed by atoms with Crippen LogP contribution in [-0.2, 0) is 20.4 Å². The molecule has 59 heavy (non-hydrogen) atoms. The largest absolute Gasteiger partial charge is 1.00 e. The van der Waals surface area contributed by atoms with E-state index in [9.17, 15) is 0 Å². The summed E-state index contributed by atoms with van der Waals surface area (Å²) >= 11 is 2.80. The standard InChI is InChI=1S/C48H81Si7.3ClH.Ti/c1-32-26-39(49(8,9)10)29-42(45(32)52(17,18)19)55(48-37(6)35(4)36(5)38(48)7,43-30-40(50(11,12)13)27-33(2)46(43)53(20,21)22)44-31-41(51(14,15)16)28-34(3)47(44)54(23,24)25;;;;/h26-31H,1-25H3;3*1H;/q;;;;+3/p-3. The minimum absolute atomic E-state index is 0. The Hall–Kier alpha value is 0.242. The maximum absolute atomic E-state index is 3.16. The molecule has 0 aliphatic heterocycles. The van der Waals surface area contributed by atoms with Crippen LogP contribution in [0.1, 0.15) is 44.4 Å². The van der Waals surface area contributed by atoms with Crippen molar-refractivity contribution in [3.8, 4) is 0 Å². The molecule has 1 aliphatic rings. The van der Waals surface area contributed by atoms with Crippen molar-refractivity contribution in [3.05, 3.63) is 75.4 Å². The summed E-state index contributed by atoms with van der Waals surface area (Å²) in [4.78, 5) is 0. The van der Waals surface area contributed by atoms with Gasteiger partial charge in [0.2, 0.25) is 0 Å². The molecule has 326 valence electrons. The van der Waals surface area contributed by atoms with Gasteiger partial charge in [0.1, 0.15) is 0 Å². The molecule has 3 aromatic carbocycles. The summed E-state index contributed by atoms with van der Waals surface area (Å²) in [5.41, 5.74) is 11.0. The SMILES string of the molecule is CC1=C(C)[C]([Ti+3])([Si](c2cc([Si](C)(C)C)cc(C)c2[Si](C)(C)C)(c2cc([Si](C)(C)C)cc(C)c2[Si](C)(C)C)c2cc([Si](C)(C)C)cc(C)c2[Si](C)(C)C)C(C)=C1C.[Cl-].[Cl-].[Cl-]. The quantitative estimate of drug-likeness (QED) is 0.203.